The molecule has 2 rings (SSSR count). The first-order valence-corrected chi connectivity index (χ1v) is 4.08. The third-order valence-corrected chi connectivity index (χ3v) is 1.74. The Balaban J connectivity index is 2.67. The van der Waals surface area contributed by atoms with Gasteiger partial charge in [0.1, 0.15) is 0 Å². The van der Waals surface area contributed by atoms with Gasteiger partial charge < -0.3 is 5.11 Å². The maximum atomic E-state index is 10.5. The quantitative estimate of drug-likeness (QED) is 0.792. The zero-order chi connectivity index (χ0) is 9.42. The summed E-state index contributed by atoms with van der Waals surface area (Å²) in [6.45, 7) is 0. The second-order valence-corrected chi connectivity index (χ2v) is 2.95. The fraction of sp³-hybridized carbons (Fsp3) is 0. The summed E-state index contributed by atoms with van der Waals surface area (Å²) in [7, 11) is 0. The summed E-state index contributed by atoms with van der Waals surface area (Å²) in [6, 6.07) is 1.36. The molecule has 0 bridgehead atoms. The molecular formula is C6H3BrN4O2. The Bertz CT molecular complexity index is 480. The lowest BCUT2D eigenvalue weighted by atomic mass is 10.4. The van der Waals surface area contributed by atoms with Crippen LogP contribution < -0.4 is 0 Å². The number of hydrogen-bond acceptors (Lipinski definition) is 4. The molecule has 6 nitrogen and oxygen atoms in total. The Morgan fingerprint density at radius 3 is 3.00 bits per heavy atom. The summed E-state index contributed by atoms with van der Waals surface area (Å²) in [4.78, 5) is 18.1. The second kappa shape index (κ2) is 2.77. The summed E-state index contributed by atoms with van der Waals surface area (Å²) in [6.07, 6.45) is 1.49. The summed E-state index contributed by atoms with van der Waals surface area (Å²) in [5.74, 6) is -0.826. The van der Waals surface area contributed by atoms with Crippen molar-refractivity contribution in [3.8, 4) is 0 Å². The summed E-state index contributed by atoms with van der Waals surface area (Å²) < 4.78 is 1.76. The summed E-state index contributed by atoms with van der Waals surface area (Å²) >= 11 is 3.06. The average Bonchev–Trinajstić information content (AvgIpc) is 2.42. The van der Waals surface area contributed by atoms with Crippen LogP contribution in [0.15, 0.2) is 17.0 Å². The zero-order valence-corrected chi connectivity index (χ0v) is 7.76. The van der Waals surface area contributed by atoms with Crippen LogP contribution >= 0.6 is 15.9 Å². The van der Waals surface area contributed by atoms with Gasteiger partial charge in [-0.3, -0.25) is 0 Å². The van der Waals surface area contributed by atoms with Crippen molar-refractivity contribution < 1.29 is 9.90 Å². The predicted molar refractivity (Wildman–Crippen MR) is 45.4 cm³/mol. The van der Waals surface area contributed by atoms with Crippen LogP contribution in [0.25, 0.3) is 5.78 Å². The molecule has 2 heterocycles. The number of aromatic nitrogens is 4. The molecule has 0 spiro atoms. The van der Waals surface area contributed by atoms with E-state index in [4.69, 9.17) is 5.11 Å². The smallest absolute Gasteiger partial charge is 0.354 e. The van der Waals surface area contributed by atoms with Gasteiger partial charge >= 0.3 is 5.97 Å². The van der Waals surface area contributed by atoms with Crippen molar-refractivity contribution in [3.05, 3.63) is 22.7 Å². The maximum Gasteiger partial charge on any atom is 0.354 e. The minimum absolute atomic E-state index is 0.0487. The fourth-order valence-electron chi connectivity index (χ4n) is 0.871. The Labute approximate surface area is 80.4 Å². The maximum absolute atomic E-state index is 10.5. The molecular weight excluding hydrogens is 240 g/mol. The molecule has 0 aliphatic heterocycles. The van der Waals surface area contributed by atoms with Crippen molar-refractivity contribution in [3.63, 3.8) is 0 Å². The normalized spacial score (nSPS) is 10.5. The first kappa shape index (κ1) is 8.11. The molecule has 0 amide bonds. The van der Waals surface area contributed by atoms with Crippen LogP contribution in [0.2, 0.25) is 0 Å². The minimum Gasteiger partial charge on any atom is -0.477 e. The monoisotopic (exact) mass is 242 g/mol. The van der Waals surface area contributed by atoms with E-state index in [-0.39, 0.29) is 11.5 Å². The number of halogens is 1. The number of carbonyl (C=O) groups is 1. The van der Waals surface area contributed by atoms with Gasteiger partial charge in [-0.05, 0) is 22.0 Å². The van der Waals surface area contributed by atoms with E-state index in [0.717, 1.165) is 0 Å². The molecule has 0 radical (unpaired) electrons. The fourth-order valence-corrected chi connectivity index (χ4v) is 1.20. The van der Waals surface area contributed by atoms with Crippen molar-refractivity contribution >= 4 is 27.7 Å². The van der Waals surface area contributed by atoms with Crippen LogP contribution in [0, 0.1) is 0 Å². The first-order chi connectivity index (χ1) is 6.16. The minimum atomic E-state index is -1.08. The van der Waals surface area contributed by atoms with Crippen LogP contribution in [0.1, 0.15) is 10.5 Å². The van der Waals surface area contributed by atoms with Crippen molar-refractivity contribution in [2.24, 2.45) is 0 Å². The number of nitrogens with zero attached hydrogens (tertiary/aromatic N) is 4. The summed E-state index contributed by atoms with van der Waals surface area (Å²) in [5.41, 5.74) is -0.0487. The molecule has 0 aliphatic carbocycles. The molecule has 0 saturated carbocycles. The van der Waals surface area contributed by atoms with Crippen LogP contribution in [-0.2, 0) is 0 Å². The highest BCUT2D eigenvalue weighted by Gasteiger charge is 2.07. The van der Waals surface area contributed by atoms with Gasteiger partial charge in [-0.1, -0.05) is 0 Å². The molecule has 7 heteroatoms. The lowest BCUT2D eigenvalue weighted by Gasteiger charge is -1.92. The average molecular weight is 243 g/mol. The van der Waals surface area contributed by atoms with E-state index in [0.29, 0.717) is 4.73 Å². The molecule has 2 aromatic rings. The van der Waals surface area contributed by atoms with E-state index in [9.17, 15) is 4.79 Å². The van der Waals surface area contributed by atoms with Gasteiger partial charge in [-0.25, -0.2) is 14.3 Å². The second-order valence-electron chi connectivity index (χ2n) is 2.24. The van der Waals surface area contributed by atoms with E-state index in [1.165, 1.54) is 16.8 Å². The molecule has 0 unspecified atom stereocenters. The molecule has 13 heavy (non-hydrogen) atoms. The lowest BCUT2D eigenvalue weighted by molar-refractivity contribution is 0.0690. The van der Waals surface area contributed by atoms with Crippen LogP contribution in [-0.4, -0.2) is 30.7 Å². The third-order valence-electron chi connectivity index (χ3n) is 1.40. The van der Waals surface area contributed by atoms with Gasteiger partial charge in [0.2, 0.25) is 4.73 Å². The highest BCUT2D eigenvalue weighted by atomic mass is 79.9. The zero-order valence-electron chi connectivity index (χ0n) is 6.18. The van der Waals surface area contributed by atoms with E-state index in [1.807, 2.05) is 0 Å². The Morgan fingerprint density at radius 1 is 1.54 bits per heavy atom. The largest absolute Gasteiger partial charge is 0.477 e. The molecule has 0 aromatic carbocycles. The Morgan fingerprint density at radius 2 is 2.31 bits per heavy atom. The lowest BCUT2D eigenvalue weighted by Crippen LogP contribution is -2.02. The van der Waals surface area contributed by atoms with Crippen molar-refractivity contribution in [1.82, 2.24) is 19.6 Å². The number of carboxylic acid groups (broad SMARTS) is 1. The van der Waals surface area contributed by atoms with E-state index >= 15 is 0 Å². The van der Waals surface area contributed by atoms with E-state index in [1.54, 1.807) is 0 Å². The van der Waals surface area contributed by atoms with Gasteiger partial charge in [0.25, 0.3) is 5.78 Å². The number of hydrogen-bond donors (Lipinski definition) is 1. The van der Waals surface area contributed by atoms with Crippen molar-refractivity contribution in [2.75, 3.05) is 0 Å². The van der Waals surface area contributed by atoms with Gasteiger partial charge in [-0.15, -0.1) is 5.10 Å². The third kappa shape index (κ3) is 1.37. The standard InChI is InChI=1S/C6H3BrN4O2/c7-5-9-6-8-3(4(12)13)1-2-11(6)10-5/h1-2H,(H,12,13). The van der Waals surface area contributed by atoms with Crippen LogP contribution in [0.4, 0.5) is 0 Å². The first-order valence-electron chi connectivity index (χ1n) is 3.29. The highest BCUT2D eigenvalue weighted by molar-refractivity contribution is 9.10. The molecule has 0 aliphatic rings. The molecule has 2 aromatic heterocycles. The summed E-state index contributed by atoms with van der Waals surface area (Å²) in [5, 5.41) is 12.5. The number of fused-ring (bicyclic) bond motifs is 1. The van der Waals surface area contributed by atoms with E-state index in [2.05, 4.69) is 31.0 Å². The van der Waals surface area contributed by atoms with Crippen LogP contribution in [0.3, 0.4) is 0 Å². The molecule has 66 valence electrons. The van der Waals surface area contributed by atoms with Gasteiger partial charge in [0, 0.05) is 6.20 Å². The van der Waals surface area contributed by atoms with Gasteiger partial charge in [0.05, 0.1) is 0 Å². The molecule has 0 fully saturated rings. The Kier molecular flexibility index (Phi) is 1.73. The van der Waals surface area contributed by atoms with Crippen molar-refractivity contribution in [1.29, 1.82) is 0 Å². The van der Waals surface area contributed by atoms with Gasteiger partial charge in [-0.2, -0.15) is 4.98 Å². The SMILES string of the molecule is O=C(O)c1ccn2nc(Br)nc2n1. The van der Waals surface area contributed by atoms with Gasteiger partial charge in [0.15, 0.2) is 5.69 Å². The molecule has 1 N–H and O–H groups in total. The number of carboxylic acids is 1. The number of aromatic carboxylic acids is 1. The highest BCUT2D eigenvalue weighted by Crippen LogP contribution is 2.05. The van der Waals surface area contributed by atoms with Crippen molar-refractivity contribution in [2.45, 2.75) is 0 Å². The van der Waals surface area contributed by atoms with Crippen LogP contribution in [0.5, 0.6) is 0 Å². The molecule has 0 atom stereocenters. The Hall–Kier alpha value is -1.50. The topological polar surface area (TPSA) is 80.4 Å². The van der Waals surface area contributed by atoms with E-state index < -0.39 is 5.97 Å². The predicted octanol–water partition coefficient (Wildman–Crippen LogP) is 0.585. The molecule has 0 saturated heterocycles. The number of rotatable bonds is 1.